The number of nitrogens with zero attached hydrogens (tertiary/aromatic N) is 2. The van der Waals surface area contributed by atoms with Gasteiger partial charge in [0.25, 0.3) is 5.91 Å². The first-order valence-electron chi connectivity index (χ1n) is 6.43. The monoisotopic (exact) mass is 248 g/mol. The second-order valence-corrected chi connectivity index (χ2v) is 4.74. The number of likely N-dealkylation sites (tertiary alicyclic amines) is 1. The molecule has 1 fully saturated rings. The summed E-state index contributed by atoms with van der Waals surface area (Å²) < 4.78 is 0. The van der Waals surface area contributed by atoms with Crippen molar-refractivity contribution in [1.29, 1.82) is 0 Å². The van der Waals surface area contributed by atoms with E-state index in [0.717, 1.165) is 19.3 Å². The van der Waals surface area contributed by atoms with Crippen molar-refractivity contribution in [3.63, 3.8) is 0 Å². The number of nitrogens with one attached hydrogen (secondary N) is 1. The summed E-state index contributed by atoms with van der Waals surface area (Å²) in [5.41, 5.74) is 3.04. The van der Waals surface area contributed by atoms with Crippen LogP contribution < -0.4 is 11.3 Å². The summed E-state index contributed by atoms with van der Waals surface area (Å²) in [5.74, 6) is 5.87. The molecule has 1 aromatic heterocycles. The van der Waals surface area contributed by atoms with Crippen LogP contribution in [0.5, 0.6) is 0 Å². The largest absolute Gasteiger partial charge is 0.333 e. The molecule has 5 heteroatoms. The third-order valence-corrected chi connectivity index (χ3v) is 3.67. The predicted octanol–water partition coefficient (Wildman–Crippen LogP) is 1.77. The maximum Gasteiger partial charge on any atom is 0.258 e. The highest BCUT2D eigenvalue weighted by atomic mass is 16.2. The van der Waals surface area contributed by atoms with E-state index in [2.05, 4.69) is 24.3 Å². The van der Waals surface area contributed by atoms with Gasteiger partial charge in [-0.2, -0.15) is 0 Å². The fourth-order valence-corrected chi connectivity index (χ4v) is 2.67. The Labute approximate surface area is 107 Å². The number of nitrogen functional groups attached to an aromatic ring is 1. The van der Waals surface area contributed by atoms with Crippen molar-refractivity contribution in [2.75, 3.05) is 5.43 Å². The predicted molar refractivity (Wildman–Crippen MR) is 71.0 cm³/mol. The Morgan fingerprint density at radius 2 is 2.39 bits per heavy atom. The summed E-state index contributed by atoms with van der Waals surface area (Å²) in [7, 11) is 0. The average Bonchev–Trinajstić information content (AvgIpc) is 2.79. The van der Waals surface area contributed by atoms with Crippen LogP contribution in [-0.2, 0) is 0 Å². The SMILES string of the molecule is CCC1CCC(C)N1C(=O)c1cccnc1NN. The van der Waals surface area contributed by atoms with Gasteiger partial charge in [-0.3, -0.25) is 4.79 Å². The zero-order valence-corrected chi connectivity index (χ0v) is 10.9. The molecule has 1 aliphatic rings. The third-order valence-electron chi connectivity index (χ3n) is 3.67. The van der Waals surface area contributed by atoms with Crippen LogP contribution in [0.3, 0.4) is 0 Å². The van der Waals surface area contributed by atoms with Crippen LogP contribution in [0.4, 0.5) is 5.82 Å². The molecule has 0 saturated carbocycles. The highest BCUT2D eigenvalue weighted by molar-refractivity contribution is 5.99. The number of anilines is 1. The lowest BCUT2D eigenvalue weighted by Gasteiger charge is -2.28. The third kappa shape index (κ3) is 2.18. The van der Waals surface area contributed by atoms with E-state index in [4.69, 9.17) is 5.84 Å². The number of carbonyl (C=O) groups is 1. The molecule has 0 spiro atoms. The molecular weight excluding hydrogens is 228 g/mol. The minimum Gasteiger partial charge on any atom is -0.333 e. The van der Waals surface area contributed by atoms with Gasteiger partial charge in [0.05, 0.1) is 5.56 Å². The van der Waals surface area contributed by atoms with E-state index in [1.165, 1.54) is 0 Å². The molecule has 0 bridgehead atoms. The molecule has 3 N–H and O–H groups in total. The van der Waals surface area contributed by atoms with Crippen molar-refractivity contribution in [3.8, 4) is 0 Å². The van der Waals surface area contributed by atoms with Crippen LogP contribution >= 0.6 is 0 Å². The fraction of sp³-hybridized carbons (Fsp3) is 0.538. The highest BCUT2D eigenvalue weighted by Gasteiger charge is 2.34. The van der Waals surface area contributed by atoms with E-state index in [1.54, 1.807) is 18.3 Å². The standard InChI is InChI=1S/C13H20N4O/c1-3-10-7-6-9(2)17(10)13(18)11-5-4-8-15-12(11)16-14/h4-5,8-10H,3,6-7,14H2,1-2H3,(H,15,16). The van der Waals surface area contributed by atoms with Crippen LogP contribution in [0, 0.1) is 0 Å². The van der Waals surface area contributed by atoms with Crippen LogP contribution in [0.1, 0.15) is 43.5 Å². The summed E-state index contributed by atoms with van der Waals surface area (Å²) in [6, 6.07) is 4.14. The second kappa shape index (κ2) is 5.35. The molecule has 0 aliphatic carbocycles. The van der Waals surface area contributed by atoms with Crippen LogP contribution in [-0.4, -0.2) is 27.9 Å². The van der Waals surface area contributed by atoms with Crippen molar-refractivity contribution in [2.45, 2.75) is 45.2 Å². The number of aromatic nitrogens is 1. The van der Waals surface area contributed by atoms with Gasteiger partial charge >= 0.3 is 0 Å². The summed E-state index contributed by atoms with van der Waals surface area (Å²) >= 11 is 0. The quantitative estimate of drug-likeness (QED) is 0.631. The van der Waals surface area contributed by atoms with E-state index in [-0.39, 0.29) is 11.9 Å². The lowest BCUT2D eigenvalue weighted by molar-refractivity contribution is 0.0677. The van der Waals surface area contributed by atoms with Crippen molar-refractivity contribution in [2.24, 2.45) is 5.84 Å². The molecular formula is C13H20N4O. The highest BCUT2D eigenvalue weighted by Crippen LogP contribution is 2.28. The second-order valence-electron chi connectivity index (χ2n) is 4.74. The number of rotatable bonds is 3. The van der Waals surface area contributed by atoms with Crippen molar-refractivity contribution >= 4 is 11.7 Å². The average molecular weight is 248 g/mol. The number of nitrogens with two attached hydrogens (primary N) is 1. The summed E-state index contributed by atoms with van der Waals surface area (Å²) in [6.45, 7) is 4.22. The summed E-state index contributed by atoms with van der Waals surface area (Å²) in [5, 5.41) is 0. The molecule has 2 rings (SSSR count). The molecule has 2 atom stereocenters. The minimum absolute atomic E-state index is 0.0212. The molecule has 1 aromatic rings. The van der Waals surface area contributed by atoms with Crippen molar-refractivity contribution in [1.82, 2.24) is 9.88 Å². The Morgan fingerprint density at radius 3 is 3.06 bits per heavy atom. The molecule has 1 amide bonds. The maximum atomic E-state index is 12.6. The van der Waals surface area contributed by atoms with Crippen LogP contribution in [0.15, 0.2) is 18.3 Å². The van der Waals surface area contributed by atoms with E-state index >= 15 is 0 Å². The number of pyridine rings is 1. The van der Waals surface area contributed by atoms with Gasteiger partial charge in [-0.15, -0.1) is 0 Å². The van der Waals surface area contributed by atoms with Crippen LogP contribution in [0.25, 0.3) is 0 Å². The van der Waals surface area contributed by atoms with Gasteiger partial charge in [-0.1, -0.05) is 6.92 Å². The number of carbonyl (C=O) groups excluding carboxylic acids is 1. The first kappa shape index (κ1) is 12.8. The Hall–Kier alpha value is -1.62. The first-order chi connectivity index (χ1) is 8.69. The van der Waals surface area contributed by atoms with Gasteiger partial charge in [-0.25, -0.2) is 10.8 Å². The fourth-order valence-electron chi connectivity index (χ4n) is 2.67. The lowest BCUT2D eigenvalue weighted by atomic mass is 10.1. The molecule has 5 nitrogen and oxygen atoms in total. The Balaban J connectivity index is 2.30. The smallest absolute Gasteiger partial charge is 0.258 e. The topological polar surface area (TPSA) is 71.2 Å². The van der Waals surface area contributed by atoms with Crippen LogP contribution in [0.2, 0.25) is 0 Å². The molecule has 1 aliphatic heterocycles. The summed E-state index contributed by atoms with van der Waals surface area (Å²) in [4.78, 5) is 18.6. The molecule has 98 valence electrons. The number of amides is 1. The number of hydrazine groups is 1. The normalized spacial score (nSPS) is 23.2. The Morgan fingerprint density at radius 1 is 1.61 bits per heavy atom. The van der Waals surface area contributed by atoms with Gasteiger partial charge in [0.15, 0.2) is 5.82 Å². The minimum atomic E-state index is 0.0212. The molecule has 2 unspecified atom stereocenters. The van der Waals surface area contributed by atoms with E-state index in [9.17, 15) is 4.79 Å². The molecule has 2 heterocycles. The zero-order chi connectivity index (χ0) is 13.1. The van der Waals surface area contributed by atoms with Crippen molar-refractivity contribution in [3.05, 3.63) is 23.9 Å². The Bertz CT molecular complexity index is 435. The molecule has 0 radical (unpaired) electrons. The lowest BCUT2D eigenvalue weighted by Crippen LogP contribution is -2.40. The molecule has 0 aromatic carbocycles. The van der Waals surface area contributed by atoms with Crippen molar-refractivity contribution < 1.29 is 4.79 Å². The van der Waals surface area contributed by atoms with Gasteiger partial charge in [-0.05, 0) is 38.3 Å². The Kier molecular flexibility index (Phi) is 3.81. The summed E-state index contributed by atoms with van der Waals surface area (Å²) in [6.07, 6.45) is 4.75. The number of hydrogen-bond acceptors (Lipinski definition) is 4. The maximum absolute atomic E-state index is 12.6. The first-order valence-corrected chi connectivity index (χ1v) is 6.43. The van der Waals surface area contributed by atoms with Gasteiger partial charge in [0, 0.05) is 18.3 Å². The van der Waals surface area contributed by atoms with Gasteiger partial charge in [0.1, 0.15) is 0 Å². The molecule has 18 heavy (non-hydrogen) atoms. The van der Waals surface area contributed by atoms with E-state index in [1.807, 2.05) is 4.90 Å². The van der Waals surface area contributed by atoms with Gasteiger partial charge < -0.3 is 10.3 Å². The molecule has 1 saturated heterocycles. The van der Waals surface area contributed by atoms with Gasteiger partial charge in [0.2, 0.25) is 0 Å². The number of hydrogen-bond donors (Lipinski definition) is 2. The zero-order valence-electron chi connectivity index (χ0n) is 10.9. The van der Waals surface area contributed by atoms with E-state index in [0.29, 0.717) is 17.4 Å². The van der Waals surface area contributed by atoms with E-state index < -0.39 is 0 Å².